The van der Waals surface area contributed by atoms with E-state index in [2.05, 4.69) is 15.9 Å². The van der Waals surface area contributed by atoms with Crippen LogP contribution in [0.1, 0.15) is 25.6 Å². The van der Waals surface area contributed by atoms with Gasteiger partial charge in [-0.25, -0.2) is 4.79 Å². The Kier molecular flexibility index (Phi) is 3.85. The first kappa shape index (κ1) is 14.0. The lowest BCUT2D eigenvalue weighted by Gasteiger charge is -2.27. The third kappa shape index (κ3) is 2.63. The van der Waals surface area contributed by atoms with Crippen LogP contribution in [0.5, 0.6) is 0 Å². The van der Waals surface area contributed by atoms with E-state index in [4.69, 9.17) is 9.47 Å². The molecule has 0 radical (unpaired) electrons. The Morgan fingerprint density at radius 2 is 2.22 bits per heavy atom. The molecule has 1 aromatic heterocycles. The first-order chi connectivity index (χ1) is 8.37. The number of hydrogen-bond donors (Lipinski definition) is 0. The number of esters is 1. The van der Waals surface area contributed by atoms with Gasteiger partial charge >= 0.3 is 5.97 Å². The summed E-state index contributed by atoms with van der Waals surface area (Å²) in [6, 6.07) is 3.99. The first-order valence-electron chi connectivity index (χ1n) is 5.85. The molecule has 0 amide bonds. The molecule has 5 heteroatoms. The fourth-order valence-corrected chi connectivity index (χ4v) is 3.14. The van der Waals surface area contributed by atoms with Crippen LogP contribution >= 0.6 is 27.3 Å². The van der Waals surface area contributed by atoms with Crippen LogP contribution in [-0.2, 0) is 20.7 Å². The zero-order valence-electron chi connectivity index (χ0n) is 10.7. The number of cyclic esters (lactones) is 1. The average Bonchev–Trinajstić information content (AvgIpc) is 2.88. The molecule has 2 heterocycles. The van der Waals surface area contributed by atoms with Crippen molar-refractivity contribution < 1.29 is 14.3 Å². The van der Waals surface area contributed by atoms with E-state index in [1.165, 1.54) is 0 Å². The zero-order chi connectivity index (χ0) is 13.4. The highest BCUT2D eigenvalue weighted by Crippen LogP contribution is 2.38. The Hall–Kier alpha value is -0.390. The van der Waals surface area contributed by atoms with E-state index in [-0.39, 0.29) is 11.4 Å². The molecule has 18 heavy (non-hydrogen) atoms. The molecule has 1 saturated heterocycles. The quantitative estimate of drug-likeness (QED) is 0.628. The van der Waals surface area contributed by atoms with Crippen molar-refractivity contribution in [2.24, 2.45) is 5.41 Å². The highest BCUT2D eigenvalue weighted by molar-refractivity contribution is 9.09. The highest BCUT2D eigenvalue weighted by Gasteiger charge is 2.53. The van der Waals surface area contributed by atoms with Crippen LogP contribution in [0.3, 0.4) is 0 Å². The van der Waals surface area contributed by atoms with Crippen LogP contribution in [0, 0.1) is 5.41 Å². The van der Waals surface area contributed by atoms with Gasteiger partial charge in [-0.1, -0.05) is 42.8 Å². The summed E-state index contributed by atoms with van der Waals surface area (Å²) in [6.45, 7) is 6.00. The van der Waals surface area contributed by atoms with Crippen LogP contribution in [0.4, 0.5) is 0 Å². The fraction of sp³-hybridized carbons (Fsp3) is 0.615. The van der Waals surface area contributed by atoms with E-state index < -0.39 is 11.9 Å². The van der Waals surface area contributed by atoms with Crippen molar-refractivity contribution in [1.82, 2.24) is 0 Å². The van der Waals surface area contributed by atoms with E-state index in [1.807, 2.05) is 38.3 Å². The Labute approximate surface area is 120 Å². The van der Waals surface area contributed by atoms with E-state index >= 15 is 0 Å². The summed E-state index contributed by atoms with van der Waals surface area (Å²) >= 11 is 5.02. The molecule has 0 saturated carbocycles. The molecule has 2 rings (SSSR count). The van der Waals surface area contributed by atoms with Crippen LogP contribution in [-0.4, -0.2) is 23.2 Å². The second-order valence-electron chi connectivity index (χ2n) is 5.61. The monoisotopic (exact) mass is 332 g/mol. The largest absolute Gasteiger partial charge is 0.433 e. The van der Waals surface area contributed by atoms with Crippen molar-refractivity contribution in [2.45, 2.75) is 39.1 Å². The van der Waals surface area contributed by atoms with Gasteiger partial charge in [-0.2, -0.15) is 0 Å². The third-order valence-electron chi connectivity index (χ3n) is 2.88. The fourth-order valence-electron chi connectivity index (χ4n) is 1.78. The first-order valence-corrected chi connectivity index (χ1v) is 7.85. The van der Waals surface area contributed by atoms with Gasteiger partial charge in [-0.3, -0.25) is 0 Å². The number of rotatable bonds is 3. The summed E-state index contributed by atoms with van der Waals surface area (Å²) < 4.78 is 11.3. The van der Waals surface area contributed by atoms with Gasteiger partial charge in [0.1, 0.15) is 0 Å². The van der Waals surface area contributed by atoms with E-state index in [0.717, 1.165) is 4.88 Å². The van der Waals surface area contributed by atoms with Crippen molar-refractivity contribution >= 4 is 33.2 Å². The number of hydrogen-bond acceptors (Lipinski definition) is 4. The molecular formula is C13H17BrO3S. The van der Waals surface area contributed by atoms with Crippen molar-refractivity contribution in [3.8, 4) is 0 Å². The second kappa shape index (κ2) is 4.94. The van der Waals surface area contributed by atoms with Gasteiger partial charge in [0, 0.05) is 22.0 Å². The van der Waals surface area contributed by atoms with E-state index in [1.54, 1.807) is 11.3 Å². The normalized spacial score (nSPS) is 28.4. The average molecular weight is 333 g/mol. The summed E-state index contributed by atoms with van der Waals surface area (Å²) in [7, 11) is 0. The Balaban J connectivity index is 2.20. The molecule has 1 aliphatic heterocycles. The molecule has 3 nitrogen and oxygen atoms in total. The van der Waals surface area contributed by atoms with Crippen LogP contribution in [0.15, 0.2) is 17.5 Å². The molecule has 1 aromatic rings. The minimum atomic E-state index is -0.886. The zero-order valence-corrected chi connectivity index (χ0v) is 13.1. The van der Waals surface area contributed by atoms with Gasteiger partial charge < -0.3 is 9.47 Å². The summed E-state index contributed by atoms with van der Waals surface area (Å²) in [5.74, 6) is -0.271. The van der Waals surface area contributed by atoms with Gasteiger partial charge in [-0.05, 0) is 11.4 Å². The Morgan fingerprint density at radius 3 is 2.67 bits per heavy atom. The SMILES string of the molecule is CC(C)(C)[C@@H]1OC(=O)[C@@](CBr)(Cc2cccs2)O1. The molecule has 0 N–H and O–H groups in total. The number of carbonyl (C=O) groups is 1. The van der Waals surface area contributed by atoms with Crippen LogP contribution < -0.4 is 0 Å². The number of ether oxygens (including phenoxy) is 2. The number of carbonyl (C=O) groups excluding carboxylic acids is 1. The van der Waals surface area contributed by atoms with E-state index in [0.29, 0.717) is 11.8 Å². The van der Waals surface area contributed by atoms with Crippen molar-refractivity contribution in [2.75, 3.05) is 5.33 Å². The van der Waals surface area contributed by atoms with Crippen molar-refractivity contribution in [1.29, 1.82) is 0 Å². The lowest BCUT2D eigenvalue weighted by atomic mass is 9.96. The highest BCUT2D eigenvalue weighted by atomic mass is 79.9. The molecule has 0 unspecified atom stereocenters. The summed E-state index contributed by atoms with van der Waals surface area (Å²) in [4.78, 5) is 13.3. The number of alkyl halides is 1. The molecule has 0 spiro atoms. The maximum Gasteiger partial charge on any atom is 0.342 e. The van der Waals surface area contributed by atoms with E-state index in [9.17, 15) is 4.79 Å². The predicted octanol–water partition coefficient (Wildman–Crippen LogP) is 3.37. The second-order valence-corrected chi connectivity index (χ2v) is 7.20. The molecule has 1 aliphatic rings. The lowest BCUT2D eigenvalue weighted by molar-refractivity contribution is -0.155. The maximum absolute atomic E-state index is 12.1. The predicted molar refractivity (Wildman–Crippen MR) is 75.0 cm³/mol. The number of halogens is 1. The molecule has 0 aromatic carbocycles. The molecule has 1 fully saturated rings. The van der Waals surface area contributed by atoms with Gasteiger partial charge in [-0.15, -0.1) is 11.3 Å². The summed E-state index contributed by atoms with van der Waals surface area (Å²) in [6.07, 6.45) is 0.0731. The summed E-state index contributed by atoms with van der Waals surface area (Å²) in [5, 5.41) is 2.45. The maximum atomic E-state index is 12.1. The van der Waals surface area contributed by atoms with Gasteiger partial charge in [0.25, 0.3) is 0 Å². The van der Waals surface area contributed by atoms with Crippen LogP contribution in [0.2, 0.25) is 0 Å². The van der Waals surface area contributed by atoms with Crippen molar-refractivity contribution in [3.63, 3.8) is 0 Å². The van der Waals surface area contributed by atoms with Crippen LogP contribution in [0.25, 0.3) is 0 Å². The van der Waals surface area contributed by atoms with Gasteiger partial charge in [0.15, 0.2) is 5.60 Å². The smallest absolute Gasteiger partial charge is 0.342 e. The Bertz CT molecular complexity index is 424. The minimum Gasteiger partial charge on any atom is -0.433 e. The third-order valence-corrected chi connectivity index (χ3v) is 4.66. The molecular weight excluding hydrogens is 316 g/mol. The van der Waals surface area contributed by atoms with Gasteiger partial charge in [0.2, 0.25) is 6.29 Å². The molecule has 0 bridgehead atoms. The summed E-state index contributed by atoms with van der Waals surface area (Å²) in [5.41, 5.74) is -1.10. The topological polar surface area (TPSA) is 35.5 Å². The van der Waals surface area contributed by atoms with Gasteiger partial charge in [0.05, 0.1) is 0 Å². The number of thiophene rings is 1. The lowest BCUT2D eigenvalue weighted by Crippen LogP contribution is -2.41. The molecule has 100 valence electrons. The minimum absolute atomic E-state index is 0.213. The molecule has 0 aliphatic carbocycles. The van der Waals surface area contributed by atoms with Crippen molar-refractivity contribution in [3.05, 3.63) is 22.4 Å². The standard InChI is InChI=1S/C13H17BrO3S/c1-12(2,3)11-16-10(15)13(8-14,17-11)7-9-5-4-6-18-9/h4-6,11H,7-8H2,1-3H3/t11-,13+/m1/s1. The molecule has 2 atom stereocenters. The Morgan fingerprint density at radius 1 is 1.50 bits per heavy atom.